The Morgan fingerprint density at radius 3 is 2.81 bits per heavy atom. The van der Waals surface area contributed by atoms with Crippen molar-refractivity contribution in [1.29, 1.82) is 0 Å². The van der Waals surface area contributed by atoms with Gasteiger partial charge in [0.2, 0.25) is 0 Å². The van der Waals surface area contributed by atoms with E-state index in [9.17, 15) is 0 Å². The van der Waals surface area contributed by atoms with Crippen LogP contribution in [0.4, 0.5) is 5.69 Å². The fraction of sp³-hybridized carbons (Fsp3) is 0.0588. The van der Waals surface area contributed by atoms with Gasteiger partial charge in [-0.05, 0) is 35.2 Å². The molecule has 102 valence electrons. The van der Waals surface area contributed by atoms with Crippen LogP contribution in [0.3, 0.4) is 0 Å². The second-order valence-electron chi connectivity index (χ2n) is 4.97. The molecule has 2 aromatic carbocycles. The highest BCUT2D eigenvalue weighted by molar-refractivity contribution is 5.83. The van der Waals surface area contributed by atoms with Crippen molar-refractivity contribution in [2.24, 2.45) is 0 Å². The summed E-state index contributed by atoms with van der Waals surface area (Å²) in [5.41, 5.74) is 5.30. The van der Waals surface area contributed by atoms with Crippen molar-refractivity contribution in [3.05, 3.63) is 66.6 Å². The molecule has 4 nitrogen and oxygen atoms in total. The molecule has 2 aromatic heterocycles. The maximum Gasteiger partial charge on any atom is 0.0907 e. The van der Waals surface area contributed by atoms with Crippen molar-refractivity contribution in [2.45, 2.75) is 6.54 Å². The first-order valence-corrected chi connectivity index (χ1v) is 6.90. The van der Waals surface area contributed by atoms with Gasteiger partial charge in [0.05, 0.1) is 16.6 Å². The minimum absolute atomic E-state index is 0.767. The molecule has 0 fully saturated rings. The number of hydrogen-bond acceptors (Lipinski definition) is 3. The van der Waals surface area contributed by atoms with Gasteiger partial charge in [-0.2, -0.15) is 0 Å². The fourth-order valence-corrected chi connectivity index (χ4v) is 2.57. The van der Waals surface area contributed by atoms with E-state index in [0.717, 1.165) is 23.3 Å². The molecule has 0 aliphatic heterocycles. The largest absolute Gasteiger partial charge is 0.381 e. The summed E-state index contributed by atoms with van der Waals surface area (Å²) >= 11 is 0. The third-order valence-corrected chi connectivity index (χ3v) is 3.63. The zero-order valence-electron chi connectivity index (χ0n) is 11.4. The number of nitrogens with one attached hydrogen (secondary N) is 2. The number of hydrogen-bond donors (Lipinski definition) is 2. The number of para-hydroxylation sites is 1. The Kier molecular flexibility index (Phi) is 2.78. The van der Waals surface area contributed by atoms with Gasteiger partial charge in [0.1, 0.15) is 0 Å². The Morgan fingerprint density at radius 1 is 0.952 bits per heavy atom. The first-order valence-electron chi connectivity index (χ1n) is 6.90. The summed E-state index contributed by atoms with van der Waals surface area (Å²) in [6, 6.07) is 14.5. The van der Waals surface area contributed by atoms with Crippen LogP contribution in [0.1, 0.15) is 5.56 Å². The SMILES string of the molecule is c1cc(CNc2ccc3nccnc3c2)c2[nH]ccc2c1. The Bertz CT molecular complexity index is 911. The summed E-state index contributed by atoms with van der Waals surface area (Å²) in [6.07, 6.45) is 5.40. The maximum atomic E-state index is 4.33. The van der Waals surface area contributed by atoms with E-state index in [1.165, 1.54) is 16.5 Å². The quantitative estimate of drug-likeness (QED) is 0.598. The first kappa shape index (κ1) is 11.9. The Morgan fingerprint density at radius 2 is 1.86 bits per heavy atom. The summed E-state index contributed by atoms with van der Waals surface area (Å²) in [6.45, 7) is 0.767. The molecule has 21 heavy (non-hydrogen) atoms. The van der Waals surface area contributed by atoms with E-state index in [-0.39, 0.29) is 0 Å². The summed E-state index contributed by atoms with van der Waals surface area (Å²) in [4.78, 5) is 11.9. The van der Waals surface area contributed by atoms with E-state index in [0.29, 0.717) is 0 Å². The standard InChI is InChI=1S/C17H14N4/c1-2-12-6-7-20-17(12)13(3-1)11-21-14-4-5-15-16(10-14)19-9-8-18-15/h1-10,20-21H,11H2. The van der Waals surface area contributed by atoms with Crippen LogP contribution in [0.5, 0.6) is 0 Å². The highest BCUT2D eigenvalue weighted by Crippen LogP contribution is 2.20. The molecular weight excluding hydrogens is 260 g/mol. The van der Waals surface area contributed by atoms with E-state index in [1.54, 1.807) is 12.4 Å². The Hall–Kier alpha value is -2.88. The van der Waals surface area contributed by atoms with Gasteiger partial charge < -0.3 is 10.3 Å². The van der Waals surface area contributed by atoms with Gasteiger partial charge in [0.25, 0.3) is 0 Å². The van der Waals surface area contributed by atoms with Crippen molar-refractivity contribution >= 4 is 27.6 Å². The first-order chi connectivity index (χ1) is 10.4. The van der Waals surface area contributed by atoms with Crippen LogP contribution in [0.15, 0.2) is 61.1 Å². The van der Waals surface area contributed by atoms with E-state index in [4.69, 9.17) is 0 Å². The normalized spacial score (nSPS) is 11.0. The van der Waals surface area contributed by atoms with E-state index >= 15 is 0 Å². The lowest BCUT2D eigenvalue weighted by Gasteiger charge is -2.08. The van der Waals surface area contributed by atoms with Crippen molar-refractivity contribution in [2.75, 3.05) is 5.32 Å². The minimum Gasteiger partial charge on any atom is -0.381 e. The van der Waals surface area contributed by atoms with Crippen LogP contribution >= 0.6 is 0 Å². The summed E-state index contributed by atoms with van der Waals surface area (Å²) in [5, 5.41) is 4.68. The van der Waals surface area contributed by atoms with E-state index in [2.05, 4.69) is 44.5 Å². The second kappa shape index (κ2) is 4.90. The topological polar surface area (TPSA) is 53.6 Å². The van der Waals surface area contributed by atoms with Gasteiger partial charge >= 0.3 is 0 Å². The van der Waals surface area contributed by atoms with Gasteiger partial charge in [-0.1, -0.05) is 18.2 Å². The zero-order chi connectivity index (χ0) is 14.1. The maximum absolute atomic E-state index is 4.33. The van der Waals surface area contributed by atoms with E-state index in [1.807, 2.05) is 24.4 Å². The molecule has 0 bridgehead atoms. The van der Waals surface area contributed by atoms with Crippen molar-refractivity contribution in [1.82, 2.24) is 15.0 Å². The lowest BCUT2D eigenvalue weighted by molar-refractivity contribution is 1.16. The molecule has 0 spiro atoms. The van der Waals surface area contributed by atoms with Crippen molar-refractivity contribution in [3.63, 3.8) is 0 Å². The smallest absolute Gasteiger partial charge is 0.0907 e. The van der Waals surface area contributed by atoms with Crippen LogP contribution in [0, 0.1) is 0 Å². The number of fused-ring (bicyclic) bond motifs is 2. The molecule has 0 aliphatic carbocycles. The van der Waals surface area contributed by atoms with Crippen LogP contribution in [0.2, 0.25) is 0 Å². The summed E-state index contributed by atoms with van der Waals surface area (Å²) in [7, 11) is 0. The molecule has 2 N–H and O–H groups in total. The lowest BCUT2D eigenvalue weighted by Crippen LogP contribution is -2.00. The number of aromatic amines is 1. The van der Waals surface area contributed by atoms with Gasteiger partial charge in [-0.15, -0.1) is 0 Å². The third-order valence-electron chi connectivity index (χ3n) is 3.63. The van der Waals surface area contributed by atoms with Gasteiger partial charge in [-0.3, -0.25) is 9.97 Å². The number of benzene rings is 2. The summed E-state index contributed by atoms with van der Waals surface area (Å²) < 4.78 is 0. The number of H-pyrrole nitrogens is 1. The van der Waals surface area contributed by atoms with Crippen molar-refractivity contribution < 1.29 is 0 Å². The van der Waals surface area contributed by atoms with Gasteiger partial charge in [-0.25, -0.2) is 0 Å². The number of rotatable bonds is 3. The second-order valence-corrected chi connectivity index (χ2v) is 4.97. The minimum atomic E-state index is 0.767. The molecule has 4 rings (SSSR count). The number of anilines is 1. The van der Waals surface area contributed by atoms with Crippen molar-refractivity contribution in [3.8, 4) is 0 Å². The van der Waals surface area contributed by atoms with Gasteiger partial charge in [0, 0.05) is 30.8 Å². The van der Waals surface area contributed by atoms with E-state index < -0.39 is 0 Å². The zero-order valence-corrected chi connectivity index (χ0v) is 11.4. The molecular formula is C17H14N4. The molecule has 0 saturated carbocycles. The number of nitrogens with zero attached hydrogens (tertiary/aromatic N) is 2. The highest BCUT2D eigenvalue weighted by atomic mass is 14.9. The molecule has 0 aliphatic rings. The molecule has 0 unspecified atom stereocenters. The predicted molar refractivity (Wildman–Crippen MR) is 85.2 cm³/mol. The van der Waals surface area contributed by atoms with Gasteiger partial charge in [0.15, 0.2) is 0 Å². The molecule has 0 saturated heterocycles. The monoisotopic (exact) mass is 274 g/mol. The number of aromatic nitrogens is 3. The van der Waals surface area contributed by atoms with Crippen LogP contribution in [-0.2, 0) is 6.54 Å². The molecule has 2 heterocycles. The Balaban J connectivity index is 1.61. The van der Waals surface area contributed by atoms with Crippen LogP contribution in [-0.4, -0.2) is 15.0 Å². The summed E-state index contributed by atoms with van der Waals surface area (Å²) in [5.74, 6) is 0. The fourth-order valence-electron chi connectivity index (χ4n) is 2.57. The average molecular weight is 274 g/mol. The molecule has 0 radical (unpaired) electrons. The lowest BCUT2D eigenvalue weighted by atomic mass is 10.1. The Labute approximate surface area is 121 Å². The van der Waals surface area contributed by atoms with Crippen LogP contribution in [0.25, 0.3) is 21.9 Å². The highest BCUT2D eigenvalue weighted by Gasteiger charge is 2.02. The molecule has 0 amide bonds. The average Bonchev–Trinajstić information content (AvgIpc) is 3.02. The predicted octanol–water partition coefficient (Wildman–Crippen LogP) is 3.72. The van der Waals surface area contributed by atoms with Crippen LogP contribution < -0.4 is 5.32 Å². The molecule has 4 heteroatoms. The molecule has 4 aromatic rings. The third kappa shape index (κ3) is 2.21. The molecule has 0 atom stereocenters.